The van der Waals surface area contributed by atoms with Gasteiger partial charge in [-0.2, -0.15) is 0 Å². The third-order valence-corrected chi connectivity index (χ3v) is 2.33. The predicted molar refractivity (Wildman–Crippen MR) is 45.0 cm³/mol. The molecule has 0 saturated carbocycles. The molecule has 0 bridgehead atoms. The average Bonchev–Trinajstić information content (AvgIpc) is 2.30. The Morgan fingerprint density at radius 3 is 2.64 bits per heavy atom. The Balaban J connectivity index is 2.47. The van der Waals surface area contributed by atoms with Gasteiger partial charge in [-0.25, -0.2) is 0 Å². The first-order valence-corrected chi connectivity index (χ1v) is 3.88. The molecule has 2 atom stereocenters. The van der Waals surface area contributed by atoms with Gasteiger partial charge in [0.2, 0.25) is 0 Å². The van der Waals surface area contributed by atoms with Crippen LogP contribution in [-0.2, 0) is 6.42 Å². The number of nitrogens with two attached hydrogens (primary N) is 2. The van der Waals surface area contributed by atoms with E-state index in [1.54, 1.807) is 0 Å². The average molecular weight is 148 g/mol. The summed E-state index contributed by atoms with van der Waals surface area (Å²) in [5.41, 5.74) is 14.2. The Hall–Kier alpha value is -0.860. The molecule has 0 aliphatic heterocycles. The Morgan fingerprint density at radius 2 is 1.91 bits per heavy atom. The molecule has 4 N–H and O–H groups in total. The fourth-order valence-corrected chi connectivity index (χ4v) is 1.66. The van der Waals surface area contributed by atoms with Crippen LogP contribution >= 0.6 is 0 Å². The molecule has 11 heavy (non-hydrogen) atoms. The van der Waals surface area contributed by atoms with Crippen LogP contribution in [0.4, 0.5) is 0 Å². The van der Waals surface area contributed by atoms with Crippen molar-refractivity contribution in [2.24, 2.45) is 11.5 Å². The lowest BCUT2D eigenvalue weighted by Gasteiger charge is -2.08. The molecular formula is C9H12N2. The third kappa shape index (κ3) is 0.951. The summed E-state index contributed by atoms with van der Waals surface area (Å²) in [6.45, 7) is 0. The largest absolute Gasteiger partial charge is 0.326 e. The van der Waals surface area contributed by atoms with E-state index in [0.717, 1.165) is 6.42 Å². The summed E-state index contributed by atoms with van der Waals surface area (Å²) in [6, 6.07) is 8.37. The van der Waals surface area contributed by atoms with Gasteiger partial charge in [-0.3, -0.25) is 0 Å². The molecular weight excluding hydrogens is 136 g/mol. The van der Waals surface area contributed by atoms with E-state index in [9.17, 15) is 0 Å². The van der Waals surface area contributed by atoms with Crippen LogP contribution in [0, 0.1) is 0 Å². The number of hydrogen-bond acceptors (Lipinski definition) is 2. The second-order valence-corrected chi connectivity index (χ2v) is 3.09. The Kier molecular flexibility index (Phi) is 1.44. The van der Waals surface area contributed by atoms with E-state index in [4.69, 9.17) is 11.5 Å². The summed E-state index contributed by atoms with van der Waals surface area (Å²) in [4.78, 5) is 0. The van der Waals surface area contributed by atoms with Crippen molar-refractivity contribution in [1.82, 2.24) is 0 Å². The van der Waals surface area contributed by atoms with Gasteiger partial charge in [-0.05, 0) is 17.5 Å². The van der Waals surface area contributed by atoms with Gasteiger partial charge in [0.15, 0.2) is 0 Å². The number of rotatable bonds is 0. The van der Waals surface area contributed by atoms with Crippen LogP contribution in [0.2, 0.25) is 0 Å². The van der Waals surface area contributed by atoms with E-state index >= 15 is 0 Å². The lowest BCUT2D eigenvalue weighted by Crippen LogP contribution is -2.30. The molecule has 1 aromatic carbocycles. The summed E-state index contributed by atoms with van der Waals surface area (Å²) >= 11 is 0. The molecule has 0 saturated heterocycles. The SMILES string of the molecule is N[C@H]1Cc2ccccc2[C@@H]1N. The van der Waals surface area contributed by atoms with Crippen molar-refractivity contribution in [2.45, 2.75) is 18.5 Å². The zero-order chi connectivity index (χ0) is 7.84. The van der Waals surface area contributed by atoms with Crippen molar-refractivity contribution in [2.75, 3.05) is 0 Å². The first-order valence-electron chi connectivity index (χ1n) is 3.88. The number of benzene rings is 1. The fraction of sp³-hybridized carbons (Fsp3) is 0.333. The molecule has 1 aromatic rings. The van der Waals surface area contributed by atoms with Gasteiger partial charge in [0.05, 0.1) is 0 Å². The van der Waals surface area contributed by atoms with Crippen molar-refractivity contribution < 1.29 is 0 Å². The summed E-state index contributed by atoms with van der Waals surface area (Å²) in [5, 5.41) is 0. The van der Waals surface area contributed by atoms with Crippen LogP contribution < -0.4 is 11.5 Å². The van der Waals surface area contributed by atoms with Gasteiger partial charge < -0.3 is 11.5 Å². The zero-order valence-electron chi connectivity index (χ0n) is 6.33. The van der Waals surface area contributed by atoms with Gasteiger partial charge in [0, 0.05) is 12.1 Å². The summed E-state index contributed by atoms with van der Waals surface area (Å²) < 4.78 is 0. The maximum Gasteiger partial charge on any atom is 0.0454 e. The van der Waals surface area contributed by atoms with E-state index in [2.05, 4.69) is 12.1 Å². The maximum absolute atomic E-state index is 5.86. The lowest BCUT2D eigenvalue weighted by atomic mass is 10.1. The molecule has 0 aromatic heterocycles. The Bertz CT molecular complexity index is 270. The smallest absolute Gasteiger partial charge is 0.0454 e. The molecule has 1 aliphatic rings. The first kappa shape index (κ1) is 6.83. The highest BCUT2D eigenvalue weighted by Gasteiger charge is 2.25. The quantitative estimate of drug-likeness (QED) is 0.565. The van der Waals surface area contributed by atoms with Crippen LogP contribution in [0.25, 0.3) is 0 Å². The molecule has 2 rings (SSSR count). The van der Waals surface area contributed by atoms with E-state index < -0.39 is 0 Å². The maximum atomic E-state index is 5.86. The third-order valence-electron chi connectivity index (χ3n) is 2.33. The molecule has 58 valence electrons. The molecule has 0 spiro atoms. The lowest BCUT2D eigenvalue weighted by molar-refractivity contribution is 0.593. The van der Waals surface area contributed by atoms with Gasteiger partial charge in [-0.15, -0.1) is 0 Å². The van der Waals surface area contributed by atoms with Crippen LogP contribution in [0.5, 0.6) is 0 Å². The summed E-state index contributed by atoms with van der Waals surface area (Å²) in [7, 11) is 0. The minimum Gasteiger partial charge on any atom is -0.326 e. The van der Waals surface area contributed by atoms with Crippen LogP contribution in [0.3, 0.4) is 0 Å². The van der Waals surface area contributed by atoms with Gasteiger partial charge in [-0.1, -0.05) is 24.3 Å². The van der Waals surface area contributed by atoms with Gasteiger partial charge >= 0.3 is 0 Å². The minimum atomic E-state index is 0.0474. The van der Waals surface area contributed by atoms with Crippen molar-refractivity contribution in [3.8, 4) is 0 Å². The van der Waals surface area contributed by atoms with Crippen molar-refractivity contribution >= 4 is 0 Å². The van der Waals surface area contributed by atoms with Gasteiger partial charge in [0.25, 0.3) is 0 Å². The van der Waals surface area contributed by atoms with E-state index in [0.29, 0.717) is 0 Å². The van der Waals surface area contributed by atoms with Gasteiger partial charge in [0.1, 0.15) is 0 Å². The zero-order valence-corrected chi connectivity index (χ0v) is 6.33. The highest BCUT2D eigenvalue weighted by atomic mass is 14.8. The normalized spacial score (nSPS) is 28.5. The van der Waals surface area contributed by atoms with E-state index in [1.165, 1.54) is 11.1 Å². The first-order chi connectivity index (χ1) is 5.29. The predicted octanol–water partition coefficient (Wildman–Crippen LogP) is 0.570. The molecule has 0 unspecified atom stereocenters. The molecule has 0 fully saturated rings. The molecule has 1 aliphatic carbocycles. The van der Waals surface area contributed by atoms with E-state index in [-0.39, 0.29) is 12.1 Å². The summed E-state index contributed by atoms with van der Waals surface area (Å²) in [5.74, 6) is 0. The Labute approximate surface area is 66.2 Å². The molecule has 0 amide bonds. The van der Waals surface area contributed by atoms with Crippen LogP contribution in [-0.4, -0.2) is 6.04 Å². The highest BCUT2D eigenvalue weighted by Crippen LogP contribution is 2.27. The number of fused-ring (bicyclic) bond motifs is 1. The van der Waals surface area contributed by atoms with Crippen molar-refractivity contribution in [3.05, 3.63) is 35.4 Å². The molecule has 0 radical (unpaired) electrons. The summed E-state index contributed by atoms with van der Waals surface area (Å²) in [6.07, 6.45) is 0.928. The second kappa shape index (κ2) is 2.32. The molecule has 2 heteroatoms. The topological polar surface area (TPSA) is 52.0 Å². The van der Waals surface area contributed by atoms with Crippen LogP contribution in [0.15, 0.2) is 24.3 Å². The molecule has 0 heterocycles. The fourth-order valence-electron chi connectivity index (χ4n) is 1.66. The Morgan fingerprint density at radius 1 is 1.18 bits per heavy atom. The number of hydrogen-bond donors (Lipinski definition) is 2. The van der Waals surface area contributed by atoms with Crippen molar-refractivity contribution in [3.63, 3.8) is 0 Å². The van der Waals surface area contributed by atoms with Crippen LogP contribution in [0.1, 0.15) is 17.2 Å². The minimum absolute atomic E-state index is 0.0474. The monoisotopic (exact) mass is 148 g/mol. The molecule has 2 nitrogen and oxygen atoms in total. The second-order valence-electron chi connectivity index (χ2n) is 3.09. The van der Waals surface area contributed by atoms with Crippen molar-refractivity contribution in [1.29, 1.82) is 0 Å². The highest BCUT2D eigenvalue weighted by molar-refractivity contribution is 5.36. The standard InChI is InChI=1S/C9H12N2/c10-8-5-6-3-1-2-4-7(6)9(8)11/h1-4,8-9H,5,10-11H2/t8-,9-/m0/s1. The van der Waals surface area contributed by atoms with E-state index in [1.807, 2.05) is 12.1 Å².